The summed E-state index contributed by atoms with van der Waals surface area (Å²) in [5, 5.41) is 3.04. The Morgan fingerprint density at radius 2 is 1.68 bits per heavy atom. The second-order valence-electron chi connectivity index (χ2n) is 6.99. The third kappa shape index (κ3) is 3.85. The van der Waals surface area contributed by atoms with E-state index in [-0.39, 0.29) is 5.91 Å². The number of nitrogens with one attached hydrogen (secondary N) is 1. The molecule has 1 saturated heterocycles. The first kappa shape index (κ1) is 17.5. The van der Waals surface area contributed by atoms with Crippen molar-refractivity contribution in [2.75, 3.05) is 43.4 Å². The van der Waals surface area contributed by atoms with E-state index in [0.29, 0.717) is 0 Å². The molecule has 0 spiro atoms. The van der Waals surface area contributed by atoms with Crippen LogP contribution >= 0.6 is 0 Å². The van der Waals surface area contributed by atoms with Crippen LogP contribution in [0.25, 0.3) is 0 Å². The van der Waals surface area contributed by atoms with E-state index in [4.69, 9.17) is 0 Å². The molecule has 2 aromatic carbocycles. The van der Waals surface area contributed by atoms with Crippen LogP contribution in [0.5, 0.6) is 0 Å². The molecular formula is C21H27N3O. The predicted octanol–water partition coefficient (Wildman–Crippen LogP) is 3.62. The summed E-state index contributed by atoms with van der Waals surface area (Å²) in [7, 11) is 2.16. The summed E-state index contributed by atoms with van der Waals surface area (Å²) >= 11 is 0. The quantitative estimate of drug-likeness (QED) is 0.929. The molecule has 2 aromatic rings. The molecule has 0 saturated carbocycles. The lowest BCUT2D eigenvalue weighted by Gasteiger charge is -2.35. The molecule has 132 valence electrons. The van der Waals surface area contributed by atoms with Gasteiger partial charge >= 0.3 is 0 Å². The third-order valence-electron chi connectivity index (χ3n) is 5.15. The highest BCUT2D eigenvalue weighted by molar-refractivity contribution is 6.05. The monoisotopic (exact) mass is 337 g/mol. The SMILES string of the molecule is Cc1cc(NC(=O)c2cccc(C)c2C)ccc1N1CCN(C)CC1. The summed E-state index contributed by atoms with van der Waals surface area (Å²) in [5.41, 5.74) is 6.21. The van der Waals surface area contributed by atoms with Crippen LogP contribution in [0.2, 0.25) is 0 Å². The number of piperazine rings is 1. The first-order valence-corrected chi connectivity index (χ1v) is 8.87. The molecule has 0 bridgehead atoms. The van der Waals surface area contributed by atoms with Gasteiger partial charge in [0.1, 0.15) is 0 Å². The van der Waals surface area contributed by atoms with E-state index >= 15 is 0 Å². The van der Waals surface area contributed by atoms with Crippen molar-refractivity contribution in [1.82, 2.24) is 4.90 Å². The highest BCUT2D eigenvalue weighted by Crippen LogP contribution is 2.25. The molecule has 0 atom stereocenters. The van der Waals surface area contributed by atoms with Crippen molar-refractivity contribution < 1.29 is 4.79 Å². The molecule has 0 unspecified atom stereocenters. The summed E-state index contributed by atoms with van der Waals surface area (Å²) < 4.78 is 0. The topological polar surface area (TPSA) is 35.6 Å². The van der Waals surface area contributed by atoms with Crippen LogP contribution in [-0.4, -0.2) is 44.0 Å². The van der Waals surface area contributed by atoms with Crippen LogP contribution in [0, 0.1) is 20.8 Å². The minimum Gasteiger partial charge on any atom is -0.369 e. The lowest BCUT2D eigenvalue weighted by molar-refractivity contribution is 0.102. The number of anilines is 2. The van der Waals surface area contributed by atoms with Gasteiger partial charge in [-0.25, -0.2) is 0 Å². The molecule has 3 rings (SSSR count). The van der Waals surface area contributed by atoms with E-state index in [0.717, 1.165) is 48.6 Å². The molecule has 1 N–H and O–H groups in total. The van der Waals surface area contributed by atoms with Crippen molar-refractivity contribution in [3.8, 4) is 0 Å². The first-order valence-electron chi connectivity index (χ1n) is 8.87. The molecule has 0 aromatic heterocycles. The summed E-state index contributed by atoms with van der Waals surface area (Å²) in [6.07, 6.45) is 0. The van der Waals surface area contributed by atoms with Crippen LogP contribution in [0.1, 0.15) is 27.0 Å². The standard InChI is InChI=1S/C21H27N3O/c1-15-6-5-7-19(17(15)3)21(25)22-18-8-9-20(16(2)14-18)24-12-10-23(4)11-13-24/h5-9,14H,10-13H2,1-4H3,(H,22,25). The molecule has 1 aliphatic heterocycles. The average Bonchev–Trinajstić information content (AvgIpc) is 2.58. The minimum absolute atomic E-state index is 0.0482. The Morgan fingerprint density at radius 1 is 0.960 bits per heavy atom. The van der Waals surface area contributed by atoms with Crippen LogP contribution in [0.3, 0.4) is 0 Å². The van der Waals surface area contributed by atoms with Gasteiger partial charge in [-0.15, -0.1) is 0 Å². The molecule has 25 heavy (non-hydrogen) atoms. The van der Waals surface area contributed by atoms with Crippen molar-refractivity contribution >= 4 is 17.3 Å². The highest BCUT2D eigenvalue weighted by Gasteiger charge is 2.16. The normalized spacial score (nSPS) is 15.3. The fourth-order valence-corrected chi connectivity index (χ4v) is 3.33. The maximum Gasteiger partial charge on any atom is 0.255 e. The van der Waals surface area contributed by atoms with Gasteiger partial charge in [0.05, 0.1) is 0 Å². The lowest BCUT2D eigenvalue weighted by atomic mass is 10.0. The maximum atomic E-state index is 12.6. The lowest BCUT2D eigenvalue weighted by Crippen LogP contribution is -2.44. The highest BCUT2D eigenvalue weighted by atomic mass is 16.1. The van der Waals surface area contributed by atoms with Gasteiger partial charge in [0.25, 0.3) is 5.91 Å². The zero-order valence-electron chi connectivity index (χ0n) is 15.6. The molecule has 1 amide bonds. The Morgan fingerprint density at radius 3 is 2.36 bits per heavy atom. The van der Waals surface area contributed by atoms with E-state index in [2.05, 4.69) is 41.2 Å². The fourth-order valence-electron chi connectivity index (χ4n) is 3.33. The summed E-state index contributed by atoms with van der Waals surface area (Å²) in [6.45, 7) is 10.4. The van der Waals surface area contributed by atoms with Crippen molar-refractivity contribution in [3.05, 3.63) is 58.7 Å². The Balaban J connectivity index is 1.74. The van der Waals surface area contributed by atoms with Crippen LogP contribution in [0.15, 0.2) is 36.4 Å². The number of rotatable bonds is 3. The van der Waals surface area contributed by atoms with Gasteiger partial charge in [0.15, 0.2) is 0 Å². The van der Waals surface area contributed by atoms with Crippen molar-refractivity contribution in [3.63, 3.8) is 0 Å². The van der Waals surface area contributed by atoms with Gasteiger partial charge < -0.3 is 15.1 Å². The first-order chi connectivity index (χ1) is 12.0. The third-order valence-corrected chi connectivity index (χ3v) is 5.15. The van der Waals surface area contributed by atoms with E-state index in [1.165, 1.54) is 11.3 Å². The molecular weight excluding hydrogens is 310 g/mol. The van der Waals surface area contributed by atoms with Gasteiger partial charge in [-0.1, -0.05) is 12.1 Å². The number of amides is 1. The largest absolute Gasteiger partial charge is 0.369 e. The zero-order chi connectivity index (χ0) is 18.0. The average molecular weight is 337 g/mol. The number of nitrogens with zero attached hydrogens (tertiary/aromatic N) is 2. The number of likely N-dealkylation sites (N-methyl/N-ethyl adjacent to an activating group) is 1. The van der Waals surface area contributed by atoms with E-state index < -0.39 is 0 Å². The van der Waals surface area contributed by atoms with Gasteiger partial charge in [-0.05, 0) is 68.8 Å². The minimum atomic E-state index is -0.0482. The number of carbonyl (C=O) groups is 1. The Labute approximate surface area is 150 Å². The second kappa shape index (κ2) is 7.28. The second-order valence-corrected chi connectivity index (χ2v) is 6.99. The smallest absolute Gasteiger partial charge is 0.255 e. The van der Waals surface area contributed by atoms with Crippen molar-refractivity contribution in [1.29, 1.82) is 0 Å². The molecule has 1 aliphatic rings. The van der Waals surface area contributed by atoms with Crippen LogP contribution in [-0.2, 0) is 0 Å². The molecule has 1 fully saturated rings. The van der Waals surface area contributed by atoms with E-state index in [1.54, 1.807) is 0 Å². The predicted molar refractivity (Wildman–Crippen MR) is 105 cm³/mol. The number of aryl methyl sites for hydroxylation is 2. The van der Waals surface area contributed by atoms with Crippen LogP contribution in [0.4, 0.5) is 11.4 Å². The zero-order valence-corrected chi connectivity index (χ0v) is 15.6. The Hall–Kier alpha value is -2.33. The number of hydrogen-bond acceptors (Lipinski definition) is 3. The van der Waals surface area contributed by atoms with Crippen LogP contribution < -0.4 is 10.2 Å². The van der Waals surface area contributed by atoms with Gasteiger partial charge in [0.2, 0.25) is 0 Å². The van der Waals surface area contributed by atoms with Gasteiger partial charge in [-0.2, -0.15) is 0 Å². The van der Waals surface area contributed by atoms with Crippen molar-refractivity contribution in [2.24, 2.45) is 0 Å². The van der Waals surface area contributed by atoms with Gasteiger partial charge in [-0.3, -0.25) is 4.79 Å². The van der Waals surface area contributed by atoms with Crippen molar-refractivity contribution in [2.45, 2.75) is 20.8 Å². The fraction of sp³-hybridized carbons (Fsp3) is 0.381. The molecule has 0 radical (unpaired) electrons. The number of benzene rings is 2. The maximum absolute atomic E-state index is 12.6. The Bertz CT molecular complexity index is 777. The number of carbonyl (C=O) groups excluding carboxylic acids is 1. The Kier molecular flexibility index (Phi) is 5.09. The van der Waals surface area contributed by atoms with E-state index in [1.807, 2.05) is 38.1 Å². The molecule has 4 nitrogen and oxygen atoms in total. The molecule has 0 aliphatic carbocycles. The summed E-state index contributed by atoms with van der Waals surface area (Å²) in [6, 6.07) is 12.0. The van der Waals surface area contributed by atoms with Gasteiger partial charge in [0, 0.05) is 43.1 Å². The molecule has 4 heteroatoms. The van der Waals surface area contributed by atoms with E-state index in [9.17, 15) is 4.79 Å². The summed E-state index contributed by atoms with van der Waals surface area (Å²) in [4.78, 5) is 17.4. The number of hydrogen-bond donors (Lipinski definition) is 1. The summed E-state index contributed by atoms with van der Waals surface area (Å²) in [5.74, 6) is -0.0482. The molecule has 1 heterocycles.